The van der Waals surface area contributed by atoms with Gasteiger partial charge in [0.25, 0.3) is 5.91 Å². The van der Waals surface area contributed by atoms with E-state index in [4.69, 9.17) is 5.73 Å². The van der Waals surface area contributed by atoms with Crippen LogP contribution in [0.4, 0.5) is 5.69 Å². The molecule has 0 atom stereocenters. The molecule has 6 heteroatoms. The van der Waals surface area contributed by atoms with Crippen LogP contribution in [-0.4, -0.2) is 22.1 Å². The summed E-state index contributed by atoms with van der Waals surface area (Å²) >= 11 is 1.33. The Bertz CT molecular complexity index is 663. The van der Waals surface area contributed by atoms with Crippen molar-refractivity contribution in [3.8, 4) is 0 Å². The number of rotatable bonds is 4. The van der Waals surface area contributed by atoms with Gasteiger partial charge in [-0.2, -0.15) is 5.10 Å². The van der Waals surface area contributed by atoms with Gasteiger partial charge in [0.1, 0.15) is 9.71 Å². The van der Waals surface area contributed by atoms with Gasteiger partial charge in [-0.3, -0.25) is 4.79 Å². The molecule has 20 heavy (non-hydrogen) atoms. The first-order chi connectivity index (χ1) is 9.74. The topological polar surface area (TPSA) is 80.9 Å². The van der Waals surface area contributed by atoms with E-state index in [1.165, 1.54) is 37.0 Å². The number of anilines is 1. The van der Waals surface area contributed by atoms with E-state index in [9.17, 15) is 4.79 Å². The molecule has 2 aliphatic rings. The molecule has 2 heterocycles. The standard InChI is InChI=1S/C14H16N4OS/c15-10-9-5-6-16-18-14(9)20-12(10)13(19)17-11(7-1-2-7)8-3-4-8/h5-8,11H,1-4,15H2,(H,17,19). The zero-order valence-corrected chi connectivity index (χ0v) is 11.8. The number of amides is 1. The molecule has 0 aliphatic heterocycles. The first-order valence-corrected chi connectivity index (χ1v) is 7.86. The monoisotopic (exact) mass is 288 g/mol. The minimum Gasteiger partial charge on any atom is -0.397 e. The molecule has 3 N–H and O–H groups in total. The summed E-state index contributed by atoms with van der Waals surface area (Å²) in [6.07, 6.45) is 6.58. The fourth-order valence-electron chi connectivity index (χ4n) is 2.79. The molecule has 2 aliphatic carbocycles. The molecule has 2 aromatic heterocycles. The number of fused-ring (bicyclic) bond motifs is 1. The molecular formula is C14H16N4OS. The van der Waals surface area contributed by atoms with E-state index in [-0.39, 0.29) is 5.91 Å². The van der Waals surface area contributed by atoms with Gasteiger partial charge in [-0.15, -0.1) is 16.4 Å². The van der Waals surface area contributed by atoms with Crippen molar-refractivity contribution in [3.05, 3.63) is 17.1 Å². The smallest absolute Gasteiger partial charge is 0.263 e. The van der Waals surface area contributed by atoms with E-state index in [0.717, 1.165) is 10.2 Å². The lowest BCUT2D eigenvalue weighted by Crippen LogP contribution is -2.37. The van der Waals surface area contributed by atoms with Crippen molar-refractivity contribution in [2.24, 2.45) is 11.8 Å². The van der Waals surface area contributed by atoms with Crippen molar-refractivity contribution >= 4 is 33.1 Å². The van der Waals surface area contributed by atoms with Gasteiger partial charge in [-0.25, -0.2) is 0 Å². The van der Waals surface area contributed by atoms with Crippen molar-refractivity contribution < 1.29 is 4.79 Å². The molecule has 0 radical (unpaired) electrons. The van der Waals surface area contributed by atoms with Gasteiger partial charge in [-0.05, 0) is 43.6 Å². The van der Waals surface area contributed by atoms with Crippen LogP contribution in [0.1, 0.15) is 35.4 Å². The number of hydrogen-bond donors (Lipinski definition) is 2. The summed E-state index contributed by atoms with van der Waals surface area (Å²) in [6.45, 7) is 0. The molecular weight excluding hydrogens is 272 g/mol. The third-order valence-electron chi connectivity index (χ3n) is 4.18. The highest BCUT2D eigenvalue weighted by Crippen LogP contribution is 2.45. The lowest BCUT2D eigenvalue weighted by molar-refractivity contribution is 0.0931. The van der Waals surface area contributed by atoms with Crippen LogP contribution in [0.15, 0.2) is 12.3 Å². The summed E-state index contributed by atoms with van der Waals surface area (Å²) in [5, 5.41) is 11.9. The van der Waals surface area contributed by atoms with Crippen molar-refractivity contribution in [2.45, 2.75) is 31.7 Å². The average Bonchev–Trinajstić information content (AvgIpc) is 3.35. The third-order valence-corrected chi connectivity index (χ3v) is 5.29. The Hall–Kier alpha value is -1.69. The Kier molecular flexibility index (Phi) is 2.66. The van der Waals surface area contributed by atoms with E-state index in [1.54, 1.807) is 6.20 Å². The second kappa shape index (κ2) is 4.41. The summed E-state index contributed by atoms with van der Waals surface area (Å²) in [5.74, 6) is 1.32. The van der Waals surface area contributed by atoms with Crippen LogP contribution >= 0.6 is 11.3 Å². The molecule has 2 saturated carbocycles. The molecule has 104 valence electrons. The Balaban J connectivity index is 1.61. The number of aromatic nitrogens is 2. The van der Waals surface area contributed by atoms with Gasteiger partial charge in [0, 0.05) is 11.4 Å². The summed E-state index contributed by atoms with van der Waals surface area (Å²) in [6, 6.07) is 2.16. The summed E-state index contributed by atoms with van der Waals surface area (Å²) < 4.78 is 0. The maximum Gasteiger partial charge on any atom is 0.263 e. The van der Waals surface area contributed by atoms with E-state index in [1.807, 2.05) is 6.07 Å². The summed E-state index contributed by atoms with van der Waals surface area (Å²) in [7, 11) is 0. The van der Waals surface area contributed by atoms with Crippen LogP contribution in [0, 0.1) is 11.8 Å². The van der Waals surface area contributed by atoms with Crippen molar-refractivity contribution in [3.63, 3.8) is 0 Å². The number of nitrogens with two attached hydrogens (primary N) is 1. The fraction of sp³-hybridized carbons (Fsp3) is 0.500. The Morgan fingerprint density at radius 1 is 1.35 bits per heavy atom. The minimum absolute atomic E-state index is 0.0469. The number of hydrogen-bond acceptors (Lipinski definition) is 5. The molecule has 4 rings (SSSR count). The van der Waals surface area contributed by atoms with Crippen LogP contribution in [0.3, 0.4) is 0 Å². The highest BCUT2D eigenvalue weighted by atomic mass is 32.1. The maximum atomic E-state index is 12.5. The van der Waals surface area contributed by atoms with Gasteiger partial charge >= 0.3 is 0 Å². The molecule has 2 fully saturated rings. The van der Waals surface area contributed by atoms with Gasteiger partial charge in [-0.1, -0.05) is 0 Å². The van der Waals surface area contributed by atoms with Gasteiger partial charge in [0.05, 0.1) is 11.9 Å². The fourth-order valence-corrected chi connectivity index (χ4v) is 3.73. The highest BCUT2D eigenvalue weighted by Gasteiger charge is 2.42. The maximum absolute atomic E-state index is 12.5. The molecule has 5 nitrogen and oxygen atoms in total. The zero-order valence-electron chi connectivity index (χ0n) is 11.0. The van der Waals surface area contributed by atoms with E-state index in [2.05, 4.69) is 15.5 Å². The average molecular weight is 288 g/mol. The number of nitrogens with zero attached hydrogens (tertiary/aromatic N) is 2. The van der Waals surface area contributed by atoms with Crippen LogP contribution < -0.4 is 11.1 Å². The molecule has 0 aromatic carbocycles. The number of thiophene rings is 1. The number of nitrogens with one attached hydrogen (secondary N) is 1. The van der Waals surface area contributed by atoms with E-state index >= 15 is 0 Å². The van der Waals surface area contributed by atoms with Crippen molar-refractivity contribution in [2.75, 3.05) is 5.73 Å². The van der Waals surface area contributed by atoms with Crippen LogP contribution in [0.5, 0.6) is 0 Å². The molecule has 0 spiro atoms. The molecule has 1 amide bonds. The van der Waals surface area contributed by atoms with Gasteiger partial charge in [0.2, 0.25) is 0 Å². The molecule has 0 saturated heterocycles. The summed E-state index contributed by atoms with van der Waals surface area (Å²) in [5.41, 5.74) is 6.61. The Labute approximate surface area is 120 Å². The highest BCUT2D eigenvalue weighted by molar-refractivity contribution is 7.21. The van der Waals surface area contributed by atoms with Crippen LogP contribution in [-0.2, 0) is 0 Å². The zero-order chi connectivity index (χ0) is 13.7. The summed E-state index contributed by atoms with van der Waals surface area (Å²) in [4.78, 5) is 13.8. The second-order valence-corrected chi connectivity index (χ2v) is 6.77. The first-order valence-electron chi connectivity index (χ1n) is 7.04. The quantitative estimate of drug-likeness (QED) is 0.903. The largest absolute Gasteiger partial charge is 0.397 e. The first kappa shape index (κ1) is 12.1. The van der Waals surface area contributed by atoms with Crippen molar-refractivity contribution in [1.82, 2.24) is 15.5 Å². The van der Waals surface area contributed by atoms with Crippen LogP contribution in [0.25, 0.3) is 10.2 Å². The molecule has 0 unspecified atom stereocenters. The van der Waals surface area contributed by atoms with Crippen LogP contribution in [0.2, 0.25) is 0 Å². The molecule has 0 bridgehead atoms. The lowest BCUT2D eigenvalue weighted by Gasteiger charge is -2.17. The molecule has 2 aromatic rings. The minimum atomic E-state index is -0.0469. The Morgan fingerprint density at radius 3 is 2.65 bits per heavy atom. The number of carbonyl (C=O) groups is 1. The number of nitrogen functional groups attached to an aromatic ring is 1. The predicted octanol–water partition coefficient (Wildman–Crippen LogP) is 2.19. The third kappa shape index (κ3) is 2.04. The van der Waals surface area contributed by atoms with Gasteiger partial charge < -0.3 is 11.1 Å². The Morgan fingerprint density at radius 2 is 2.05 bits per heavy atom. The van der Waals surface area contributed by atoms with Crippen molar-refractivity contribution in [1.29, 1.82) is 0 Å². The van der Waals surface area contributed by atoms with Gasteiger partial charge in [0.15, 0.2) is 0 Å². The number of carbonyl (C=O) groups excluding carboxylic acids is 1. The van der Waals surface area contributed by atoms with E-state index < -0.39 is 0 Å². The second-order valence-electron chi connectivity index (χ2n) is 5.77. The lowest BCUT2D eigenvalue weighted by atomic mass is 10.1. The SMILES string of the molecule is Nc1c(C(=O)NC(C2CC2)C2CC2)sc2nnccc12. The normalized spacial score (nSPS) is 18.6. The predicted molar refractivity (Wildman–Crippen MR) is 78.5 cm³/mol. The van der Waals surface area contributed by atoms with E-state index in [0.29, 0.717) is 28.4 Å².